The first-order chi connectivity index (χ1) is 16.5. The first kappa shape index (κ1) is 27.5. The molecular weight excluding hydrogens is 466 g/mol. The molecule has 0 saturated carbocycles. The smallest absolute Gasteiger partial charge is 0.481 e. The quantitative estimate of drug-likeness (QED) is 0.172. The van der Waals surface area contributed by atoms with Crippen LogP contribution in [0.4, 0.5) is 15.0 Å². The topological polar surface area (TPSA) is 189 Å². The summed E-state index contributed by atoms with van der Waals surface area (Å²) in [5.74, 6) is -3.46. The predicted molar refractivity (Wildman–Crippen MR) is 124 cm³/mol. The third-order valence-corrected chi connectivity index (χ3v) is 5.12. The third kappa shape index (κ3) is 8.19. The minimum atomic E-state index is -1.77. The highest BCUT2D eigenvalue weighted by Gasteiger charge is 2.22. The number of hydrogen-bond acceptors (Lipinski definition) is 7. The van der Waals surface area contributed by atoms with Gasteiger partial charge < -0.3 is 30.9 Å². The van der Waals surface area contributed by atoms with Gasteiger partial charge in [0.05, 0.1) is 5.52 Å². The highest BCUT2D eigenvalue weighted by Crippen LogP contribution is 2.21. The molecule has 1 heterocycles. The zero-order valence-corrected chi connectivity index (χ0v) is 18.9. The van der Waals surface area contributed by atoms with E-state index in [2.05, 4.69) is 15.6 Å². The van der Waals surface area contributed by atoms with E-state index in [1.165, 1.54) is 25.2 Å². The number of carboxylic acids is 2. The van der Waals surface area contributed by atoms with Crippen LogP contribution < -0.4 is 21.0 Å². The molecule has 0 aliphatic heterocycles. The van der Waals surface area contributed by atoms with Crippen molar-refractivity contribution in [3.63, 3.8) is 0 Å². The maximum Gasteiger partial charge on any atom is 0.488 e. The molecule has 0 bridgehead atoms. The first-order valence-electron chi connectivity index (χ1n) is 10.7. The maximum atomic E-state index is 14.6. The number of carbonyl (C=O) groups is 4. The number of amides is 3. The van der Waals surface area contributed by atoms with Crippen LogP contribution in [-0.2, 0) is 14.4 Å². The molecule has 1 aromatic heterocycles. The fourth-order valence-corrected chi connectivity index (χ4v) is 3.18. The first-order valence-corrected chi connectivity index (χ1v) is 10.7. The van der Waals surface area contributed by atoms with E-state index in [0.29, 0.717) is 0 Å². The van der Waals surface area contributed by atoms with Crippen LogP contribution in [-0.4, -0.2) is 75.9 Å². The number of carbonyl (C=O) groups excluding carboxylic acids is 2. The van der Waals surface area contributed by atoms with Gasteiger partial charge in [-0.3, -0.25) is 14.5 Å². The average molecular weight is 492 g/mol. The fourth-order valence-electron chi connectivity index (χ4n) is 3.18. The van der Waals surface area contributed by atoms with Gasteiger partial charge in [-0.25, -0.2) is 19.0 Å². The van der Waals surface area contributed by atoms with Gasteiger partial charge in [0, 0.05) is 37.9 Å². The Morgan fingerprint density at radius 3 is 2.46 bits per heavy atom. The Bertz CT molecular complexity index is 1100. The van der Waals surface area contributed by atoms with Gasteiger partial charge in [0.15, 0.2) is 0 Å². The van der Waals surface area contributed by atoms with Crippen LogP contribution in [0.1, 0.15) is 32.1 Å². The number of hydrogen-bond donors (Lipinski definition) is 6. The number of pyridine rings is 1. The van der Waals surface area contributed by atoms with Crippen LogP contribution in [0.25, 0.3) is 10.9 Å². The zero-order valence-electron chi connectivity index (χ0n) is 18.9. The van der Waals surface area contributed by atoms with Crippen LogP contribution in [0.3, 0.4) is 0 Å². The second-order valence-electron chi connectivity index (χ2n) is 7.75. The van der Waals surface area contributed by atoms with Crippen molar-refractivity contribution in [2.75, 3.05) is 18.5 Å². The Hall–Kier alpha value is -3.78. The van der Waals surface area contributed by atoms with Gasteiger partial charge in [0.1, 0.15) is 17.7 Å². The molecule has 0 radical (unpaired) electrons. The molecule has 1 atom stereocenters. The van der Waals surface area contributed by atoms with Crippen molar-refractivity contribution in [3.05, 3.63) is 30.1 Å². The molecule has 0 aliphatic rings. The summed E-state index contributed by atoms with van der Waals surface area (Å²) >= 11 is 0. The van der Waals surface area contributed by atoms with Crippen molar-refractivity contribution < 1.29 is 43.8 Å². The predicted octanol–water partition coefficient (Wildman–Crippen LogP) is -0.196. The molecule has 6 N–H and O–H groups in total. The van der Waals surface area contributed by atoms with E-state index in [9.17, 15) is 38.7 Å². The summed E-state index contributed by atoms with van der Waals surface area (Å²) in [6.45, 7) is 0.0605. The molecule has 0 aliphatic carbocycles. The number of anilines is 1. The number of halogens is 1. The monoisotopic (exact) mass is 492 g/mol. The Morgan fingerprint density at radius 2 is 1.83 bits per heavy atom. The molecule has 12 nitrogen and oxygen atoms in total. The molecule has 0 saturated heterocycles. The lowest BCUT2D eigenvalue weighted by Gasteiger charge is -2.18. The Labute approximate surface area is 199 Å². The van der Waals surface area contributed by atoms with Gasteiger partial charge in [-0.2, -0.15) is 0 Å². The Kier molecular flexibility index (Phi) is 9.91. The van der Waals surface area contributed by atoms with Crippen LogP contribution >= 0.6 is 0 Å². The van der Waals surface area contributed by atoms with E-state index < -0.39 is 42.9 Å². The van der Waals surface area contributed by atoms with E-state index in [0.717, 1.165) is 11.0 Å². The van der Waals surface area contributed by atoms with Crippen molar-refractivity contribution in [3.8, 4) is 0 Å². The maximum absolute atomic E-state index is 14.6. The standard InChI is InChI=1S/C21H26BFN4O8/c1-27(17-11-14(23)13-10-12(22(34)35)7-8-15(13)25-17)18(28)5-2-4-16(20(31)32)26-21(33)24-9-3-6-19(29)30/h7-8,10-11,16,34-35H,2-6,9H2,1H3,(H,29,30)(H,31,32)(H2,24,26,33). The lowest BCUT2D eigenvalue weighted by atomic mass is 9.80. The number of aliphatic carboxylic acids is 2. The number of benzene rings is 1. The molecule has 1 unspecified atom stereocenters. The highest BCUT2D eigenvalue weighted by atomic mass is 19.1. The summed E-state index contributed by atoms with van der Waals surface area (Å²) in [7, 11) is -0.380. The Balaban J connectivity index is 1.92. The lowest BCUT2D eigenvalue weighted by molar-refractivity contribution is -0.139. The Morgan fingerprint density at radius 1 is 1.11 bits per heavy atom. The molecule has 0 spiro atoms. The minimum absolute atomic E-state index is 0.0194. The number of fused-ring (bicyclic) bond motifs is 1. The molecule has 35 heavy (non-hydrogen) atoms. The number of aromatic nitrogens is 1. The van der Waals surface area contributed by atoms with Crippen LogP contribution in [0, 0.1) is 5.82 Å². The molecule has 2 aromatic rings. The van der Waals surface area contributed by atoms with E-state index >= 15 is 0 Å². The van der Waals surface area contributed by atoms with Gasteiger partial charge in [0.25, 0.3) is 0 Å². The third-order valence-electron chi connectivity index (χ3n) is 5.12. The van der Waals surface area contributed by atoms with Gasteiger partial charge >= 0.3 is 25.1 Å². The number of urea groups is 1. The van der Waals surface area contributed by atoms with Crippen molar-refractivity contribution in [2.24, 2.45) is 0 Å². The lowest BCUT2D eigenvalue weighted by Crippen LogP contribution is -2.46. The molecule has 3 amide bonds. The average Bonchev–Trinajstić information content (AvgIpc) is 2.79. The number of rotatable bonds is 12. The second-order valence-corrected chi connectivity index (χ2v) is 7.75. The summed E-state index contributed by atoms with van der Waals surface area (Å²) in [5.41, 5.74) is 0.291. The summed E-state index contributed by atoms with van der Waals surface area (Å²) in [4.78, 5) is 51.6. The van der Waals surface area contributed by atoms with Gasteiger partial charge in [-0.05, 0) is 30.8 Å². The number of nitrogens with one attached hydrogen (secondary N) is 2. The SMILES string of the molecule is CN(C(=O)CCCC(NC(=O)NCCCC(=O)O)C(=O)O)c1cc(F)c2cc(B(O)O)ccc2n1. The van der Waals surface area contributed by atoms with Crippen LogP contribution in [0.5, 0.6) is 0 Å². The van der Waals surface area contributed by atoms with Crippen molar-refractivity contribution in [2.45, 2.75) is 38.1 Å². The molecular formula is C21H26BFN4O8. The number of carboxylic acid groups (broad SMARTS) is 2. The molecule has 0 fully saturated rings. The highest BCUT2D eigenvalue weighted by molar-refractivity contribution is 6.58. The van der Waals surface area contributed by atoms with Crippen molar-refractivity contribution in [1.29, 1.82) is 0 Å². The van der Waals surface area contributed by atoms with E-state index in [1.54, 1.807) is 0 Å². The molecule has 188 valence electrons. The van der Waals surface area contributed by atoms with Crippen LogP contribution in [0.2, 0.25) is 0 Å². The van der Waals surface area contributed by atoms with E-state index in [-0.39, 0.29) is 60.8 Å². The zero-order chi connectivity index (χ0) is 26.1. The van der Waals surface area contributed by atoms with Crippen LogP contribution in [0.15, 0.2) is 24.3 Å². The summed E-state index contributed by atoms with van der Waals surface area (Å²) in [6.07, 6.45) is 0.00594. The molecule has 14 heteroatoms. The number of nitrogens with zero attached hydrogens (tertiary/aromatic N) is 2. The van der Waals surface area contributed by atoms with Gasteiger partial charge in [-0.15, -0.1) is 0 Å². The van der Waals surface area contributed by atoms with Gasteiger partial charge in [0.2, 0.25) is 5.91 Å². The minimum Gasteiger partial charge on any atom is -0.481 e. The largest absolute Gasteiger partial charge is 0.488 e. The van der Waals surface area contributed by atoms with Gasteiger partial charge in [-0.1, -0.05) is 12.1 Å². The normalized spacial score (nSPS) is 11.5. The summed E-state index contributed by atoms with van der Waals surface area (Å²) in [5, 5.41) is 41.0. The van der Waals surface area contributed by atoms with Crippen molar-refractivity contribution >= 4 is 53.2 Å². The summed E-state index contributed by atoms with van der Waals surface area (Å²) < 4.78 is 14.6. The fraction of sp³-hybridized carbons (Fsp3) is 0.381. The molecule has 2 rings (SSSR count). The van der Waals surface area contributed by atoms with Crippen molar-refractivity contribution in [1.82, 2.24) is 15.6 Å². The summed E-state index contributed by atoms with van der Waals surface area (Å²) in [6, 6.07) is 3.01. The van der Waals surface area contributed by atoms with E-state index in [4.69, 9.17) is 5.11 Å². The van der Waals surface area contributed by atoms with E-state index in [1.807, 2.05) is 0 Å². The molecule has 1 aromatic carbocycles. The second kappa shape index (κ2) is 12.6.